The number of rotatable bonds is 2. The molecule has 1 radical (unpaired) electrons. The molecule has 3 heteroatoms. The average molecular weight is 150 g/mol. The lowest BCUT2D eigenvalue weighted by atomic mass is 10.2. The van der Waals surface area contributed by atoms with E-state index in [1.165, 1.54) is 6.92 Å². The Balaban J connectivity index is 3.74. The van der Waals surface area contributed by atoms with E-state index in [-0.39, 0.29) is 0 Å². The van der Waals surface area contributed by atoms with Crippen LogP contribution in [0.15, 0.2) is 0 Å². The van der Waals surface area contributed by atoms with Crippen molar-refractivity contribution in [3.8, 4) is 0 Å². The fraction of sp³-hybridized carbons (Fsp3) is 0.667. The maximum absolute atomic E-state index is 10.6. The van der Waals surface area contributed by atoms with Gasteiger partial charge in [-0.2, -0.15) is 0 Å². The Labute approximate surface area is 60.1 Å². The van der Waals surface area contributed by atoms with Crippen molar-refractivity contribution in [1.29, 1.82) is 0 Å². The van der Waals surface area contributed by atoms with Crippen LogP contribution in [0.5, 0.6) is 0 Å². The van der Waals surface area contributed by atoms with E-state index >= 15 is 0 Å². The summed E-state index contributed by atoms with van der Waals surface area (Å²) in [4.78, 5) is 9.52. The van der Waals surface area contributed by atoms with Gasteiger partial charge in [-0.3, -0.25) is 4.79 Å². The molecular weight excluding hydrogens is 140 g/mol. The number of ether oxygens (including phenoxy) is 1. The molecule has 0 aromatic heterocycles. The highest BCUT2D eigenvalue weighted by molar-refractivity contribution is 6.34. The van der Waals surface area contributed by atoms with Gasteiger partial charge in [0.05, 0.1) is 6.61 Å². The standard InChI is InChI=1S/C6H10ClO2/c1-4-9-5(8)6(2,3)7/h2,4H2,1,3H3. The Morgan fingerprint density at radius 2 is 2.33 bits per heavy atom. The summed E-state index contributed by atoms with van der Waals surface area (Å²) < 4.78 is 4.57. The van der Waals surface area contributed by atoms with Gasteiger partial charge in [-0.15, -0.1) is 11.6 Å². The predicted octanol–water partition coefficient (Wildman–Crippen LogP) is 1.38. The topological polar surface area (TPSA) is 26.3 Å². The van der Waals surface area contributed by atoms with E-state index in [0.717, 1.165) is 0 Å². The lowest BCUT2D eigenvalue weighted by molar-refractivity contribution is -0.144. The number of hydrogen-bond donors (Lipinski definition) is 0. The molecule has 0 spiro atoms. The highest BCUT2D eigenvalue weighted by Crippen LogP contribution is 2.13. The van der Waals surface area contributed by atoms with Crippen molar-refractivity contribution < 1.29 is 9.53 Å². The molecule has 0 aliphatic rings. The molecule has 0 aliphatic carbocycles. The van der Waals surface area contributed by atoms with Crippen LogP contribution in [-0.2, 0) is 9.53 Å². The van der Waals surface area contributed by atoms with E-state index in [9.17, 15) is 4.79 Å². The minimum absolute atomic E-state index is 0.344. The molecule has 0 fully saturated rings. The van der Waals surface area contributed by atoms with Gasteiger partial charge in [-0.1, -0.05) is 0 Å². The molecule has 2 nitrogen and oxygen atoms in total. The quantitative estimate of drug-likeness (QED) is 0.438. The SMILES string of the molecule is [CH2]C(C)(Cl)C(=O)OCC. The molecule has 9 heavy (non-hydrogen) atoms. The number of alkyl halides is 1. The van der Waals surface area contributed by atoms with Gasteiger partial charge in [0.15, 0.2) is 0 Å². The number of carbonyl (C=O) groups excluding carboxylic acids is 1. The van der Waals surface area contributed by atoms with Crippen LogP contribution >= 0.6 is 11.6 Å². The number of hydrogen-bond acceptors (Lipinski definition) is 2. The first kappa shape index (κ1) is 8.76. The van der Waals surface area contributed by atoms with Gasteiger partial charge in [0.1, 0.15) is 4.87 Å². The van der Waals surface area contributed by atoms with E-state index in [2.05, 4.69) is 11.7 Å². The van der Waals surface area contributed by atoms with E-state index in [4.69, 9.17) is 11.6 Å². The third-order valence-electron chi connectivity index (χ3n) is 0.701. The molecule has 0 saturated heterocycles. The fourth-order valence-corrected chi connectivity index (χ4v) is 0.336. The Morgan fingerprint density at radius 1 is 1.89 bits per heavy atom. The second kappa shape index (κ2) is 3.06. The first-order chi connectivity index (χ1) is 3.98. The molecular formula is C6H10ClO2. The van der Waals surface area contributed by atoms with Crippen molar-refractivity contribution >= 4 is 17.6 Å². The third-order valence-corrected chi connectivity index (χ3v) is 0.855. The van der Waals surface area contributed by atoms with Crippen molar-refractivity contribution in [2.24, 2.45) is 0 Å². The van der Waals surface area contributed by atoms with Crippen LogP contribution in [0.2, 0.25) is 0 Å². The average Bonchev–Trinajstić information content (AvgIpc) is 1.64. The maximum atomic E-state index is 10.6. The Morgan fingerprint density at radius 3 is 2.44 bits per heavy atom. The predicted molar refractivity (Wildman–Crippen MR) is 36.2 cm³/mol. The van der Waals surface area contributed by atoms with Crippen LogP contribution in [0.4, 0.5) is 0 Å². The Kier molecular flexibility index (Phi) is 2.98. The molecule has 0 aromatic rings. The zero-order valence-corrected chi connectivity index (χ0v) is 6.36. The molecule has 0 rings (SSSR count). The van der Waals surface area contributed by atoms with Crippen LogP contribution in [0.25, 0.3) is 0 Å². The molecule has 0 N–H and O–H groups in total. The van der Waals surface area contributed by atoms with Gasteiger partial charge < -0.3 is 4.74 Å². The highest BCUT2D eigenvalue weighted by atomic mass is 35.5. The first-order valence-electron chi connectivity index (χ1n) is 2.70. The molecule has 0 saturated carbocycles. The molecule has 0 heterocycles. The Hall–Kier alpha value is -0.240. The van der Waals surface area contributed by atoms with Gasteiger partial charge in [0.25, 0.3) is 0 Å². The van der Waals surface area contributed by atoms with Crippen LogP contribution in [0, 0.1) is 6.92 Å². The summed E-state index contributed by atoms with van der Waals surface area (Å²) in [6.45, 7) is 6.94. The minimum atomic E-state index is -1.13. The monoisotopic (exact) mass is 149 g/mol. The molecule has 1 atom stereocenters. The largest absolute Gasteiger partial charge is 0.465 e. The van der Waals surface area contributed by atoms with E-state index in [0.29, 0.717) is 6.61 Å². The second-order valence-electron chi connectivity index (χ2n) is 1.92. The number of esters is 1. The zero-order valence-electron chi connectivity index (χ0n) is 5.61. The molecule has 0 amide bonds. The maximum Gasteiger partial charge on any atom is 0.326 e. The van der Waals surface area contributed by atoms with E-state index in [1.54, 1.807) is 6.92 Å². The summed E-state index contributed by atoms with van der Waals surface area (Å²) in [6.07, 6.45) is 0. The van der Waals surface area contributed by atoms with E-state index < -0.39 is 10.8 Å². The lowest BCUT2D eigenvalue weighted by Gasteiger charge is -2.12. The molecule has 1 unspecified atom stereocenters. The van der Waals surface area contributed by atoms with Gasteiger partial charge in [0, 0.05) is 0 Å². The van der Waals surface area contributed by atoms with Gasteiger partial charge in [-0.25, -0.2) is 0 Å². The summed E-state index contributed by atoms with van der Waals surface area (Å²) in [5.74, 6) is -0.480. The van der Waals surface area contributed by atoms with E-state index in [1.807, 2.05) is 0 Å². The smallest absolute Gasteiger partial charge is 0.326 e. The summed E-state index contributed by atoms with van der Waals surface area (Å²) >= 11 is 5.48. The van der Waals surface area contributed by atoms with Crippen LogP contribution in [0.3, 0.4) is 0 Å². The molecule has 0 aromatic carbocycles. The fourth-order valence-electron chi connectivity index (χ4n) is 0.282. The van der Waals surface area contributed by atoms with Gasteiger partial charge in [-0.05, 0) is 20.8 Å². The van der Waals surface area contributed by atoms with Crippen molar-refractivity contribution in [2.45, 2.75) is 18.7 Å². The summed E-state index contributed by atoms with van der Waals surface area (Å²) in [7, 11) is 0. The molecule has 0 aliphatic heterocycles. The van der Waals surface area contributed by atoms with Crippen LogP contribution in [-0.4, -0.2) is 17.5 Å². The first-order valence-corrected chi connectivity index (χ1v) is 3.07. The minimum Gasteiger partial charge on any atom is -0.465 e. The van der Waals surface area contributed by atoms with Gasteiger partial charge in [0.2, 0.25) is 0 Å². The third kappa shape index (κ3) is 3.36. The second-order valence-corrected chi connectivity index (χ2v) is 2.75. The van der Waals surface area contributed by atoms with Crippen molar-refractivity contribution in [3.63, 3.8) is 0 Å². The van der Waals surface area contributed by atoms with Crippen molar-refractivity contribution in [3.05, 3.63) is 6.92 Å². The van der Waals surface area contributed by atoms with Crippen molar-refractivity contribution in [1.82, 2.24) is 0 Å². The molecule has 0 bridgehead atoms. The summed E-state index contributed by atoms with van der Waals surface area (Å²) in [5.41, 5.74) is 0. The highest BCUT2D eigenvalue weighted by Gasteiger charge is 2.25. The van der Waals surface area contributed by atoms with Crippen molar-refractivity contribution in [2.75, 3.05) is 6.61 Å². The number of carbonyl (C=O) groups is 1. The summed E-state index contributed by atoms with van der Waals surface area (Å²) in [5, 5.41) is 0. The number of halogens is 1. The normalized spacial score (nSPS) is 11.1. The molecule has 53 valence electrons. The van der Waals surface area contributed by atoms with Gasteiger partial charge >= 0.3 is 5.97 Å². The summed E-state index contributed by atoms with van der Waals surface area (Å²) in [6, 6.07) is 0. The van der Waals surface area contributed by atoms with Crippen LogP contribution < -0.4 is 0 Å². The zero-order chi connectivity index (χ0) is 7.49. The lowest BCUT2D eigenvalue weighted by Crippen LogP contribution is -2.27. The van der Waals surface area contributed by atoms with Crippen LogP contribution in [0.1, 0.15) is 13.8 Å². The Bertz CT molecular complexity index is 104.